The molecule has 1 heterocycles. The van der Waals surface area contributed by atoms with Crippen molar-refractivity contribution in [2.45, 2.75) is 29.2 Å². The minimum Gasteiger partial charge on any atom is -0.493 e. The third-order valence-corrected chi connectivity index (χ3v) is 4.78. The van der Waals surface area contributed by atoms with E-state index in [0.29, 0.717) is 24.0 Å². The van der Waals surface area contributed by atoms with E-state index in [0.717, 1.165) is 15.4 Å². The van der Waals surface area contributed by atoms with E-state index in [2.05, 4.69) is 26.0 Å². The summed E-state index contributed by atoms with van der Waals surface area (Å²) in [6.45, 7) is 4.70. The van der Waals surface area contributed by atoms with Crippen molar-refractivity contribution in [1.82, 2.24) is 0 Å². The van der Waals surface area contributed by atoms with Crippen molar-refractivity contribution in [2.24, 2.45) is 4.99 Å². The van der Waals surface area contributed by atoms with Crippen LogP contribution in [0.5, 0.6) is 11.5 Å². The SMILES string of the molecule is COc1ccc(C2=NC(C)(C)CO2)c(Sc2ccccc2)c1OC. The summed E-state index contributed by atoms with van der Waals surface area (Å²) >= 11 is 1.62. The summed E-state index contributed by atoms with van der Waals surface area (Å²) in [5, 5.41) is 0. The maximum atomic E-state index is 5.85. The number of ether oxygens (including phenoxy) is 3. The normalized spacial score (nSPS) is 15.6. The average Bonchev–Trinajstić information content (AvgIpc) is 2.95. The highest BCUT2D eigenvalue weighted by molar-refractivity contribution is 7.99. The molecular weight excluding hydrogens is 322 g/mol. The minimum absolute atomic E-state index is 0.211. The topological polar surface area (TPSA) is 40.0 Å². The van der Waals surface area contributed by atoms with Gasteiger partial charge in [0.15, 0.2) is 11.5 Å². The number of benzene rings is 2. The Balaban J connectivity index is 2.11. The van der Waals surface area contributed by atoms with Crippen molar-refractivity contribution in [2.75, 3.05) is 20.8 Å². The van der Waals surface area contributed by atoms with Crippen LogP contribution in [0.1, 0.15) is 19.4 Å². The Morgan fingerprint density at radius 3 is 2.38 bits per heavy atom. The summed E-state index contributed by atoms with van der Waals surface area (Å²) in [4.78, 5) is 6.77. The highest BCUT2D eigenvalue weighted by atomic mass is 32.2. The number of aliphatic imine (C=N–C) groups is 1. The molecular formula is C19H21NO3S. The van der Waals surface area contributed by atoms with Crippen LogP contribution in [0.25, 0.3) is 0 Å². The Bertz CT molecular complexity index is 757. The first kappa shape index (κ1) is 16.7. The first-order chi connectivity index (χ1) is 11.5. The lowest BCUT2D eigenvalue weighted by molar-refractivity contribution is 0.279. The average molecular weight is 343 g/mol. The molecule has 0 saturated heterocycles. The van der Waals surface area contributed by atoms with Crippen molar-refractivity contribution in [3.8, 4) is 11.5 Å². The molecule has 0 N–H and O–H groups in total. The van der Waals surface area contributed by atoms with Gasteiger partial charge in [0.1, 0.15) is 6.61 Å². The van der Waals surface area contributed by atoms with Crippen molar-refractivity contribution in [1.29, 1.82) is 0 Å². The van der Waals surface area contributed by atoms with Gasteiger partial charge in [-0.25, -0.2) is 4.99 Å². The fourth-order valence-electron chi connectivity index (χ4n) is 2.50. The fraction of sp³-hybridized carbons (Fsp3) is 0.316. The van der Waals surface area contributed by atoms with Crippen LogP contribution in [-0.2, 0) is 4.74 Å². The molecule has 0 bridgehead atoms. The molecule has 0 amide bonds. The maximum absolute atomic E-state index is 5.85. The van der Waals surface area contributed by atoms with Gasteiger partial charge in [-0.1, -0.05) is 30.0 Å². The maximum Gasteiger partial charge on any atom is 0.218 e. The van der Waals surface area contributed by atoms with Gasteiger partial charge in [0.25, 0.3) is 0 Å². The lowest BCUT2D eigenvalue weighted by atomic mass is 10.1. The molecule has 0 spiro atoms. The van der Waals surface area contributed by atoms with Gasteiger partial charge in [-0.15, -0.1) is 0 Å². The van der Waals surface area contributed by atoms with E-state index in [-0.39, 0.29) is 5.54 Å². The van der Waals surface area contributed by atoms with Gasteiger partial charge in [0.05, 0.1) is 30.2 Å². The zero-order chi connectivity index (χ0) is 17.2. The molecule has 3 rings (SSSR count). The van der Waals surface area contributed by atoms with Crippen LogP contribution in [0.2, 0.25) is 0 Å². The molecule has 0 aromatic heterocycles. The summed E-state index contributed by atoms with van der Waals surface area (Å²) in [5.74, 6) is 2.04. The molecule has 0 radical (unpaired) electrons. The minimum atomic E-state index is -0.211. The molecule has 0 atom stereocenters. The van der Waals surface area contributed by atoms with Crippen LogP contribution < -0.4 is 9.47 Å². The third kappa shape index (κ3) is 3.36. The molecule has 2 aromatic rings. The van der Waals surface area contributed by atoms with Gasteiger partial charge in [-0.05, 0) is 38.1 Å². The van der Waals surface area contributed by atoms with Crippen molar-refractivity contribution in [3.63, 3.8) is 0 Å². The van der Waals surface area contributed by atoms with E-state index in [4.69, 9.17) is 19.2 Å². The highest BCUT2D eigenvalue weighted by Gasteiger charge is 2.30. The van der Waals surface area contributed by atoms with Gasteiger partial charge in [-0.3, -0.25) is 0 Å². The summed E-state index contributed by atoms with van der Waals surface area (Å²) < 4.78 is 16.9. The molecule has 0 saturated carbocycles. The molecule has 4 nitrogen and oxygen atoms in total. The molecule has 5 heteroatoms. The van der Waals surface area contributed by atoms with E-state index in [1.165, 1.54) is 0 Å². The monoisotopic (exact) mass is 343 g/mol. The van der Waals surface area contributed by atoms with E-state index in [1.54, 1.807) is 26.0 Å². The lowest BCUT2D eigenvalue weighted by Crippen LogP contribution is -2.17. The van der Waals surface area contributed by atoms with Crippen molar-refractivity contribution in [3.05, 3.63) is 48.0 Å². The molecule has 0 unspecified atom stereocenters. The quantitative estimate of drug-likeness (QED) is 0.806. The van der Waals surface area contributed by atoms with Crippen molar-refractivity contribution < 1.29 is 14.2 Å². The highest BCUT2D eigenvalue weighted by Crippen LogP contribution is 2.44. The Hall–Kier alpha value is -2.14. The molecule has 1 aliphatic heterocycles. The van der Waals surface area contributed by atoms with Crippen LogP contribution in [0.15, 0.2) is 57.2 Å². The van der Waals surface area contributed by atoms with Crippen LogP contribution in [0, 0.1) is 0 Å². The van der Waals surface area contributed by atoms with Gasteiger partial charge in [0.2, 0.25) is 5.90 Å². The zero-order valence-corrected chi connectivity index (χ0v) is 15.1. The third-order valence-electron chi connectivity index (χ3n) is 3.66. The van der Waals surface area contributed by atoms with Crippen LogP contribution >= 0.6 is 11.8 Å². The predicted octanol–water partition coefficient (Wildman–Crippen LogP) is 4.41. The van der Waals surface area contributed by atoms with Crippen molar-refractivity contribution >= 4 is 17.7 Å². The Kier molecular flexibility index (Phi) is 4.71. The second kappa shape index (κ2) is 6.77. The van der Waals surface area contributed by atoms with E-state index < -0.39 is 0 Å². The Morgan fingerprint density at radius 2 is 1.79 bits per heavy atom. The number of methoxy groups -OCH3 is 2. The van der Waals surface area contributed by atoms with E-state index in [1.807, 2.05) is 30.3 Å². The number of hydrogen-bond donors (Lipinski definition) is 0. The first-order valence-corrected chi connectivity index (χ1v) is 8.56. The fourth-order valence-corrected chi connectivity index (χ4v) is 3.57. The number of hydrogen-bond acceptors (Lipinski definition) is 5. The van der Waals surface area contributed by atoms with Gasteiger partial charge in [-0.2, -0.15) is 0 Å². The lowest BCUT2D eigenvalue weighted by Gasteiger charge is -2.16. The molecule has 24 heavy (non-hydrogen) atoms. The standard InChI is InChI=1S/C19H21NO3S/c1-19(2)12-23-18(20-19)14-10-11-15(21-3)16(22-4)17(14)24-13-8-6-5-7-9-13/h5-11H,12H2,1-4H3. The van der Waals surface area contributed by atoms with Gasteiger partial charge in [0, 0.05) is 4.90 Å². The summed E-state index contributed by atoms with van der Waals surface area (Å²) in [7, 11) is 3.29. The van der Waals surface area contributed by atoms with E-state index >= 15 is 0 Å². The Labute approximate surface area is 146 Å². The van der Waals surface area contributed by atoms with Gasteiger partial charge < -0.3 is 14.2 Å². The second-order valence-corrected chi connectivity index (χ2v) is 7.19. The first-order valence-electron chi connectivity index (χ1n) is 7.75. The van der Waals surface area contributed by atoms with E-state index in [9.17, 15) is 0 Å². The number of rotatable bonds is 5. The second-order valence-electron chi connectivity index (χ2n) is 6.11. The van der Waals surface area contributed by atoms with Gasteiger partial charge >= 0.3 is 0 Å². The summed E-state index contributed by atoms with van der Waals surface area (Å²) in [6.07, 6.45) is 0. The number of nitrogens with zero attached hydrogens (tertiary/aromatic N) is 1. The molecule has 1 aliphatic rings. The molecule has 0 aliphatic carbocycles. The summed E-state index contributed by atoms with van der Waals surface area (Å²) in [6, 6.07) is 14.0. The summed E-state index contributed by atoms with van der Waals surface area (Å²) in [5.41, 5.74) is 0.712. The molecule has 2 aromatic carbocycles. The molecule has 0 fully saturated rings. The van der Waals surface area contributed by atoms with Crippen LogP contribution in [-0.4, -0.2) is 32.3 Å². The molecule has 126 valence electrons. The van der Waals surface area contributed by atoms with Crippen LogP contribution in [0.3, 0.4) is 0 Å². The Morgan fingerprint density at radius 1 is 1.04 bits per heavy atom. The van der Waals surface area contributed by atoms with Crippen LogP contribution in [0.4, 0.5) is 0 Å². The largest absolute Gasteiger partial charge is 0.493 e. The predicted molar refractivity (Wildman–Crippen MR) is 96.7 cm³/mol. The smallest absolute Gasteiger partial charge is 0.218 e. The zero-order valence-electron chi connectivity index (χ0n) is 14.3.